The zero-order valence-corrected chi connectivity index (χ0v) is 7.78. The highest BCUT2D eigenvalue weighted by molar-refractivity contribution is 5.87. The fraction of sp³-hybridized carbons (Fsp3) is 0.889. The molecule has 0 spiro atoms. The Bertz CT molecular complexity index is 200. The lowest BCUT2D eigenvalue weighted by Crippen LogP contribution is -2.30. The van der Waals surface area contributed by atoms with Gasteiger partial charge in [-0.05, 0) is 12.8 Å². The van der Waals surface area contributed by atoms with E-state index in [-0.39, 0.29) is 0 Å². The number of ether oxygens (including phenoxy) is 1. The molecule has 2 rings (SSSR count). The topological polar surface area (TPSA) is 45.1 Å². The van der Waals surface area contributed by atoms with Gasteiger partial charge in [0.2, 0.25) is 0 Å². The lowest BCUT2D eigenvalue weighted by Gasteiger charge is -2.18. The smallest absolute Gasteiger partial charge is 0.0723 e. The molecule has 2 aliphatic rings. The summed E-state index contributed by atoms with van der Waals surface area (Å²) in [7, 11) is 0. The van der Waals surface area contributed by atoms with E-state index < -0.39 is 0 Å². The van der Waals surface area contributed by atoms with E-state index in [9.17, 15) is 0 Å². The molecule has 0 aromatic carbocycles. The van der Waals surface area contributed by atoms with Gasteiger partial charge < -0.3 is 9.94 Å². The molecule has 4 nitrogen and oxygen atoms in total. The van der Waals surface area contributed by atoms with Crippen molar-refractivity contribution in [3.63, 3.8) is 0 Å². The molecule has 13 heavy (non-hydrogen) atoms. The predicted molar refractivity (Wildman–Crippen MR) is 49.3 cm³/mol. The van der Waals surface area contributed by atoms with Gasteiger partial charge in [-0.3, -0.25) is 4.90 Å². The zero-order valence-electron chi connectivity index (χ0n) is 7.78. The van der Waals surface area contributed by atoms with Gasteiger partial charge in [0.25, 0.3) is 0 Å². The molecule has 2 saturated heterocycles. The Morgan fingerprint density at radius 3 is 3.15 bits per heavy atom. The van der Waals surface area contributed by atoms with Crippen LogP contribution in [0.25, 0.3) is 0 Å². The molecular formula is C9H16N2O2. The molecule has 0 aromatic heterocycles. The zero-order chi connectivity index (χ0) is 9.10. The van der Waals surface area contributed by atoms with Gasteiger partial charge >= 0.3 is 0 Å². The molecule has 0 bridgehead atoms. The van der Waals surface area contributed by atoms with E-state index in [1.165, 1.54) is 12.8 Å². The van der Waals surface area contributed by atoms with Crippen molar-refractivity contribution in [1.82, 2.24) is 4.90 Å². The molecule has 2 aliphatic heterocycles. The SMILES string of the molecule is O/N=C1\CCN(CC2CCCO2)C1. The Hall–Kier alpha value is -0.610. The first-order chi connectivity index (χ1) is 6.38. The molecule has 0 saturated carbocycles. The van der Waals surface area contributed by atoms with E-state index in [1.807, 2.05) is 0 Å². The molecule has 1 unspecified atom stereocenters. The fourth-order valence-electron chi connectivity index (χ4n) is 2.02. The molecule has 0 amide bonds. The largest absolute Gasteiger partial charge is 0.411 e. The summed E-state index contributed by atoms with van der Waals surface area (Å²) in [6, 6.07) is 0. The molecular weight excluding hydrogens is 168 g/mol. The third-order valence-corrected chi connectivity index (χ3v) is 2.75. The van der Waals surface area contributed by atoms with Crippen LogP contribution in [0.4, 0.5) is 0 Å². The van der Waals surface area contributed by atoms with Crippen LogP contribution in [0.1, 0.15) is 19.3 Å². The summed E-state index contributed by atoms with van der Waals surface area (Å²) < 4.78 is 5.54. The average molecular weight is 184 g/mol. The van der Waals surface area contributed by atoms with Gasteiger partial charge in [-0.15, -0.1) is 0 Å². The Morgan fingerprint density at radius 1 is 1.62 bits per heavy atom. The van der Waals surface area contributed by atoms with Crippen LogP contribution < -0.4 is 0 Å². The van der Waals surface area contributed by atoms with Crippen LogP contribution in [0.2, 0.25) is 0 Å². The van der Waals surface area contributed by atoms with Crippen molar-refractivity contribution in [2.45, 2.75) is 25.4 Å². The molecule has 1 N–H and O–H groups in total. The lowest BCUT2D eigenvalue weighted by atomic mass is 10.2. The molecule has 2 heterocycles. The van der Waals surface area contributed by atoms with Crippen LogP contribution in [-0.2, 0) is 4.74 Å². The van der Waals surface area contributed by atoms with Crippen molar-refractivity contribution in [3.05, 3.63) is 0 Å². The summed E-state index contributed by atoms with van der Waals surface area (Å²) in [6.07, 6.45) is 3.70. The number of nitrogens with zero attached hydrogens (tertiary/aromatic N) is 2. The molecule has 0 radical (unpaired) electrons. The van der Waals surface area contributed by atoms with Crippen LogP contribution in [0, 0.1) is 0 Å². The van der Waals surface area contributed by atoms with Crippen molar-refractivity contribution in [2.75, 3.05) is 26.2 Å². The van der Waals surface area contributed by atoms with Gasteiger partial charge in [0.15, 0.2) is 0 Å². The van der Waals surface area contributed by atoms with E-state index in [1.54, 1.807) is 0 Å². The van der Waals surface area contributed by atoms with Gasteiger partial charge in [0.1, 0.15) is 0 Å². The second-order valence-corrected chi connectivity index (χ2v) is 3.79. The number of hydrogen-bond donors (Lipinski definition) is 1. The van der Waals surface area contributed by atoms with E-state index >= 15 is 0 Å². The van der Waals surface area contributed by atoms with Gasteiger partial charge in [0, 0.05) is 32.7 Å². The fourth-order valence-corrected chi connectivity index (χ4v) is 2.02. The maximum atomic E-state index is 8.57. The normalized spacial score (nSPS) is 33.2. The standard InChI is InChI=1S/C9H16N2O2/c12-10-8-3-4-11(6-8)7-9-2-1-5-13-9/h9,12H,1-7H2/b10-8+. The van der Waals surface area contributed by atoms with Crippen molar-refractivity contribution in [2.24, 2.45) is 5.16 Å². The van der Waals surface area contributed by atoms with Crippen LogP contribution in [0.15, 0.2) is 5.16 Å². The Balaban J connectivity index is 1.76. The van der Waals surface area contributed by atoms with Gasteiger partial charge in [-0.1, -0.05) is 5.16 Å². The summed E-state index contributed by atoms with van der Waals surface area (Å²) in [6.45, 7) is 3.74. The second-order valence-electron chi connectivity index (χ2n) is 3.79. The summed E-state index contributed by atoms with van der Waals surface area (Å²) >= 11 is 0. The van der Waals surface area contributed by atoms with Crippen molar-refractivity contribution in [1.29, 1.82) is 0 Å². The number of likely N-dealkylation sites (tertiary alicyclic amines) is 1. The molecule has 0 aliphatic carbocycles. The Morgan fingerprint density at radius 2 is 2.54 bits per heavy atom. The van der Waals surface area contributed by atoms with Crippen molar-refractivity contribution < 1.29 is 9.94 Å². The van der Waals surface area contributed by atoms with Crippen molar-refractivity contribution >= 4 is 5.71 Å². The number of hydrogen-bond acceptors (Lipinski definition) is 4. The van der Waals surface area contributed by atoms with Gasteiger partial charge in [-0.2, -0.15) is 0 Å². The summed E-state index contributed by atoms with van der Waals surface area (Å²) in [5.74, 6) is 0. The monoisotopic (exact) mass is 184 g/mol. The van der Waals surface area contributed by atoms with Crippen LogP contribution in [-0.4, -0.2) is 48.2 Å². The predicted octanol–water partition coefficient (Wildman–Crippen LogP) is 0.701. The van der Waals surface area contributed by atoms with E-state index in [2.05, 4.69) is 10.1 Å². The molecule has 0 aromatic rings. The summed E-state index contributed by atoms with van der Waals surface area (Å²) in [5, 5.41) is 11.8. The quantitative estimate of drug-likeness (QED) is 0.507. The van der Waals surface area contributed by atoms with Crippen LogP contribution in [0.3, 0.4) is 0 Å². The first kappa shape index (κ1) is 8.97. The maximum absolute atomic E-state index is 8.57. The second kappa shape index (κ2) is 4.07. The number of rotatable bonds is 2. The first-order valence-corrected chi connectivity index (χ1v) is 4.92. The minimum Gasteiger partial charge on any atom is -0.411 e. The highest BCUT2D eigenvalue weighted by Crippen LogP contribution is 2.15. The minimum atomic E-state index is 0.415. The third kappa shape index (κ3) is 2.19. The van der Waals surface area contributed by atoms with E-state index in [4.69, 9.17) is 9.94 Å². The minimum absolute atomic E-state index is 0.415. The highest BCUT2D eigenvalue weighted by atomic mass is 16.5. The van der Waals surface area contributed by atoms with Crippen molar-refractivity contribution in [3.8, 4) is 0 Å². The van der Waals surface area contributed by atoms with Crippen LogP contribution >= 0.6 is 0 Å². The maximum Gasteiger partial charge on any atom is 0.0723 e. The van der Waals surface area contributed by atoms with Gasteiger partial charge in [0.05, 0.1) is 11.8 Å². The van der Waals surface area contributed by atoms with Crippen LogP contribution in [0.5, 0.6) is 0 Å². The first-order valence-electron chi connectivity index (χ1n) is 4.92. The molecule has 1 atom stereocenters. The average Bonchev–Trinajstić information content (AvgIpc) is 2.76. The molecule has 74 valence electrons. The highest BCUT2D eigenvalue weighted by Gasteiger charge is 2.23. The lowest BCUT2D eigenvalue weighted by molar-refractivity contribution is 0.0819. The summed E-state index contributed by atoms with van der Waals surface area (Å²) in [5.41, 5.74) is 0.901. The summed E-state index contributed by atoms with van der Waals surface area (Å²) in [4.78, 5) is 2.30. The Labute approximate surface area is 78.2 Å². The Kier molecular flexibility index (Phi) is 2.80. The van der Waals surface area contributed by atoms with E-state index in [0.29, 0.717) is 6.10 Å². The van der Waals surface area contributed by atoms with Gasteiger partial charge in [-0.25, -0.2) is 0 Å². The third-order valence-electron chi connectivity index (χ3n) is 2.75. The molecule has 2 fully saturated rings. The molecule has 4 heteroatoms. The number of oxime groups is 1. The van der Waals surface area contributed by atoms with E-state index in [0.717, 1.165) is 38.4 Å².